The Kier molecular flexibility index (Phi) is 7.39. The second-order valence-electron chi connectivity index (χ2n) is 6.05. The number of nitrogens with one attached hydrogen (secondary N) is 1. The van der Waals surface area contributed by atoms with Crippen molar-refractivity contribution in [2.45, 2.75) is 20.0 Å². The Morgan fingerprint density at radius 3 is 2.39 bits per heavy atom. The third kappa shape index (κ3) is 5.81. The van der Waals surface area contributed by atoms with Crippen molar-refractivity contribution in [3.8, 4) is 0 Å². The molecule has 0 aliphatic rings. The fraction of sp³-hybridized carbons (Fsp3) is 0.263. The summed E-state index contributed by atoms with van der Waals surface area (Å²) in [6.07, 6.45) is -4.65. The molecule has 8 nitrogen and oxygen atoms in total. The van der Waals surface area contributed by atoms with Gasteiger partial charge in [-0.05, 0) is 37.6 Å². The van der Waals surface area contributed by atoms with Crippen molar-refractivity contribution in [3.63, 3.8) is 0 Å². The molecule has 0 radical (unpaired) electrons. The van der Waals surface area contributed by atoms with Crippen LogP contribution < -0.4 is 11.1 Å². The molecule has 2 amide bonds. The molecule has 3 N–H and O–H groups in total. The summed E-state index contributed by atoms with van der Waals surface area (Å²) in [5.74, 6) is -3.64. The Bertz CT molecular complexity index is 1030. The number of primary amides is 1. The summed E-state index contributed by atoms with van der Waals surface area (Å²) in [6.45, 7) is 2.22. The highest BCUT2D eigenvalue weighted by atomic mass is 32.1. The van der Waals surface area contributed by atoms with Gasteiger partial charge < -0.3 is 20.5 Å². The lowest BCUT2D eigenvalue weighted by atomic mass is 10.1. The van der Waals surface area contributed by atoms with E-state index in [1.807, 2.05) is 0 Å². The van der Waals surface area contributed by atoms with Gasteiger partial charge in [0.25, 0.3) is 11.8 Å². The molecule has 0 unspecified atom stereocenters. The van der Waals surface area contributed by atoms with E-state index in [2.05, 4.69) is 5.32 Å². The summed E-state index contributed by atoms with van der Waals surface area (Å²) in [5, 5.41) is 2.29. The van der Waals surface area contributed by atoms with Crippen LogP contribution >= 0.6 is 11.3 Å². The van der Waals surface area contributed by atoms with Crippen LogP contribution in [-0.2, 0) is 20.4 Å². The van der Waals surface area contributed by atoms with E-state index in [1.54, 1.807) is 6.92 Å². The first-order valence-corrected chi connectivity index (χ1v) is 9.51. The summed E-state index contributed by atoms with van der Waals surface area (Å²) in [5.41, 5.74) is 3.97. The molecule has 0 aliphatic heterocycles. The molecule has 2 rings (SSSR count). The minimum absolute atomic E-state index is 0.0271. The molecule has 31 heavy (non-hydrogen) atoms. The highest BCUT2D eigenvalue weighted by molar-refractivity contribution is 7.18. The number of thiophene rings is 1. The number of rotatable bonds is 7. The summed E-state index contributed by atoms with van der Waals surface area (Å²) < 4.78 is 47.9. The molecule has 1 aromatic heterocycles. The lowest BCUT2D eigenvalue weighted by Crippen LogP contribution is -2.22. The lowest BCUT2D eigenvalue weighted by molar-refractivity contribution is -0.137. The van der Waals surface area contributed by atoms with Gasteiger partial charge in [-0.1, -0.05) is 6.07 Å². The molecule has 0 bridgehead atoms. The third-order valence-electron chi connectivity index (χ3n) is 3.86. The molecule has 2 aromatic rings. The third-order valence-corrected chi connectivity index (χ3v) is 5.08. The van der Waals surface area contributed by atoms with Crippen LogP contribution in [0.2, 0.25) is 0 Å². The number of ether oxygens (including phenoxy) is 2. The maximum atomic E-state index is 12.8. The predicted molar refractivity (Wildman–Crippen MR) is 104 cm³/mol. The van der Waals surface area contributed by atoms with Crippen LogP contribution in [0, 0.1) is 6.92 Å². The van der Waals surface area contributed by atoms with Crippen molar-refractivity contribution in [2.24, 2.45) is 5.73 Å². The van der Waals surface area contributed by atoms with E-state index in [-0.39, 0.29) is 27.6 Å². The van der Waals surface area contributed by atoms with Gasteiger partial charge >= 0.3 is 18.1 Å². The van der Waals surface area contributed by atoms with Crippen LogP contribution in [0.3, 0.4) is 0 Å². The molecule has 12 heteroatoms. The zero-order chi connectivity index (χ0) is 23.3. The molecule has 1 heterocycles. The van der Waals surface area contributed by atoms with E-state index < -0.39 is 47.7 Å². The quantitative estimate of drug-likeness (QED) is 0.614. The number of halogens is 3. The Hall–Kier alpha value is -3.41. The largest absolute Gasteiger partial charge is 0.462 e. The average Bonchev–Trinajstić information content (AvgIpc) is 3.01. The highest BCUT2D eigenvalue weighted by Crippen LogP contribution is 2.33. The maximum Gasteiger partial charge on any atom is 0.416 e. The van der Waals surface area contributed by atoms with E-state index in [4.69, 9.17) is 15.2 Å². The van der Waals surface area contributed by atoms with Gasteiger partial charge in [-0.25, -0.2) is 9.59 Å². The minimum Gasteiger partial charge on any atom is -0.462 e. The first kappa shape index (κ1) is 23.9. The van der Waals surface area contributed by atoms with E-state index in [9.17, 15) is 32.3 Å². The maximum absolute atomic E-state index is 12.8. The number of amides is 2. The number of carbonyl (C=O) groups excluding carboxylic acids is 4. The number of alkyl halides is 3. The van der Waals surface area contributed by atoms with Gasteiger partial charge in [0.1, 0.15) is 5.00 Å². The highest BCUT2D eigenvalue weighted by Gasteiger charge is 2.31. The monoisotopic (exact) mass is 458 g/mol. The normalized spacial score (nSPS) is 11.0. The second kappa shape index (κ2) is 9.60. The summed E-state index contributed by atoms with van der Waals surface area (Å²) >= 11 is 0.739. The topological polar surface area (TPSA) is 125 Å². The molecule has 1 aromatic carbocycles. The van der Waals surface area contributed by atoms with E-state index >= 15 is 0 Å². The van der Waals surface area contributed by atoms with E-state index in [0.29, 0.717) is 6.07 Å². The van der Waals surface area contributed by atoms with Gasteiger partial charge in [-0.15, -0.1) is 11.3 Å². The zero-order valence-electron chi connectivity index (χ0n) is 16.3. The summed E-state index contributed by atoms with van der Waals surface area (Å²) in [6, 6.07) is 3.53. The first-order chi connectivity index (χ1) is 14.5. The minimum atomic E-state index is -4.65. The standard InChI is InChI=1S/C19H17F3N2O6S/c1-3-29-18(28)13-9(2)14(15(23)26)31-16(13)24-12(25)8-30-17(27)10-5-4-6-11(7-10)19(20,21)22/h4-7H,3,8H2,1-2H3,(H2,23,26)(H,24,25). The Morgan fingerprint density at radius 1 is 1.13 bits per heavy atom. The molecule has 0 saturated carbocycles. The number of benzene rings is 1. The van der Waals surface area contributed by atoms with Gasteiger partial charge in [0.15, 0.2) is 6.61 Å². The van der Waals surface area contributed by atoms with Crippen molar-refractivity contribution in [3.05, 3.63) is 51.4 Å². The number of hydrogen-bond donors (Lipinski definition) is 2. The van der Waals surface area contributed by atoms with E-state index in [1.165, 1.54) is 6.92 Å². The van der Waals surface area contributed by atoms with Crippen molar-refractivity contribution < 1.29 is 41.8 Å². The predicted octanol–water partition coefficient (Wildman–Crippen LogP) is 3.15. The number of hydrogen-bond acceptors (Lipinski definition) is 7. The van der Waals surface area contributed by atoms with Crippen LogP contribution in [-0.4, -0.2) is 37.0 Å². The smallest absolute Gasteiger partial charge is 0.416 e. The van der Waals surface area contributed by atoms with Crippen LogP contribution in [0.15, 0.2) is 24.3 Å². The number of esters is 2. The Morgan fingerprint density at radius 2 is 1.81 bits per heavy atom. The van der Waals surface area contributed by atoms with Crippen molar-refractivity contribution >= 4 is 40.1 Å². The van der Waals surface area contributed by atoms with Gasteiger partial charge in [-0.3, -0.25) is 9.59 Å². The van der Waals surface area contributed by atoms with Gasteiger partial charge in [-0.2, -0.15) is 13.2 Å². The number of anilines is 1. The summed E-state index contributed by atoms with van der Waals surface area (Å²) in [4.78, 5) is 47.9. The molecular formula is C19H17F3N2O6S. The molecular weight excluding hydrogens is 441 g/mol. The Labute approximate surface area is 178 Å². The second-order valence-corrected chi connectivity index (χ2v) is 7.07. The molecule has 166 valence electrons. The SMILES string of the molecule is CCOC(=O)c1c(NC(=O)COC(=O)c2cccc(C(F)(F)F)c2)sc(C(N)=O)c1C. The molecule has 0 aliphatic carbocycles. The fourth-order valence-corrected chi connectivity index (χ4v) is 3.55. The molecule has 0 spiro atoms. The Balaban J connectivity index is 2.13. The van der Waals surface area contributed by atoms with Gasteiger partial charge in [0.2, 0.25) is 0 Å². The van der Waals surface area contributed by atoms with Gasteiger partial charge in [0, 0.05) is 0 Å². The van der Waals surface area contributed by atoms with Crippen LogP contribution in [0.5, 0.6) is 0 Å². The summed E-state index contributed by atoms with van der Waals surface area (Å²) in [7, 11) is 0. The molecule has 0 fully saturated rings. The van der Waals surface area contributed by atoms with Gasteiger partial charge in [0.05, 0.1) is 28.2 Å². The van der Waals surface area contributed by atoms with Crippen LogP contribution in [0.25, 0.3) is 0 Å². The lowest BCUT2D eigenvalue weighted by Gasteiger charge is -2.09. The molecule has 0 saturated heterocycles. The zero-order valence-corrected chi connectivity index (χ0v) is 17.1. The fourth-order valence-electron chi connectivity index (χ4n) is 2.49. The number of nitrogens with two attached hydrogens (primary N) is 1. The van der Waals surface area contributed by atoms with Crippen molar-refractivity contribution in [2.75, 3.05) is 18.5 Å². The molecule has 0 atom stereocenters. The van der Waals surface area contributed by atoms with Crippen LogP contribution in [0.1, 0.15) is 48.4 Å². The van der Waals surface area contributed by atoms with Crippen molar-refractivity contribution in [1.82, 2.24) is 0 Å². The average molecular weight is 458 g/mol. The number of carbonyl (C=O) groups is 4. The first-order valence-electron chi connectivity index (χ1n) is 8.70. The van der Waals surface area contributed by atoms with Crippen molar-refractivity contribution in [1.29, 1.82) is 0 Å². The van der Waals surface area contributed by atoms with Crippen LogP contribution in [0.4, 0.5) is 18.2 Å². The van der Waals surface area contributed by atoms with E-state index in [0.717, 1.165) is 29.5 Å².